The summed E-state index contributed by atoms with van der Waals surface area (Å²) in [5, 5.41) is 2.19. The van der Waals surface area contributed by atoms with E-state index in [1.165, 1.54) is 16.4 Å². The molecule has 1 atom stereocenters. The maximum atomic E-state index is 11.7. The number of hydrogen-bond acceptors (Lipinski definition) is 1. The molecule has 1 aromatic rings. The van der Waals surface area contributed by atoms with Gasteiger partial charge in [0.25, 0.3) is 5.91 Å². The summed E-state index contributed by atoms with van der Waals surface area (Å²) in [7, 11) is 0.470. The molecule has 0 fully saturated rings. The van der Waals surface area contributed by atoms with Gasteiger partial charge < -0.3 is 0 Å². The third kappa shape index (κ3) is 2.44. The van der Waals surface area contributed by atoms with E-state index in [2.05, 4.69) is 39.5 Å². The molecule has 0 aromatic carbocycles. The zero-order valence-electron chi connectivity index (χ0n) is 10.4. The zero-order valence-corrected chi connectivity index (χ0v) is 12.2. The first-order chi connectivity index (χ1) is 7.40. The first-order valence-corrected chi connectivity index (χ1v) is 6.91. The first kappa shape index (κ1) is 13.6. The van der Waals surface area contributed by atoms with E-state index in [1.54, 1.807) is 0 Å². The molecule has 0 saturated heterocycles. The molecule has 1 aromatic heterocycles. The van der Waals surface area contributed by atoms with E-state index in [0.29, 0.717) is 20.0 Å². The normalized spacial score (nSPS) is 11.8. The van der Waals surface area contributed by atoms with Gasteiger partial charge in [-0.2, -0.15) is 0 Å². The third-order valence-electron chi connectivity index (χ3n) is 2.74. The molecule has 1 amide bonds. The lowest BCUT2D eigenvalue weighted by molar-refractivity contribution is 0.0984. The average Bonchev–Trinajstić information content (AvgIpc) is 2.54. The van der Waals surface area contributed by atoms with Crippen molar-refractivity contribution in [1.29, 1.82) is 0 Å². The number of halogens is 1. The maximum Gasteiger partial charge on any atom is 0.269 e. The molecule has 0 spiro atoms. The molecule has 0 aliphatic carbocycles. The Bertz CT molecular complexity index is 396. The quantitative estimate of drug-likeness (QED) is 0.812. The van der Waals surface area contributed by atoms with Crippen molar-refractivity contribution in [2.75, 3.05) is 0 Å². The SMILES string of the molecule is Cc1[pH]c(C(=O)NCl)c(C(C)C)c1C(C)C. The lowest BCUT2D eigenvalue weighted by atomic mass is 9.91. The Morgan fingerprint density at radius 3 is 2.06 bits per heavy atom. The molecule has 0 bridgehead atoms. The predicted octanol–water partition coefficient (Wildman–Crippen LogP) is 4.16. The van der Waals surface area contributed by atoms with Gasteiger partial charge in [0.1, 0.15) is 0 Å². The van der Waals surface area contributed by atoms with Crippen LogP contribution in [0, 0.1) is 6.92 Å². The minimum Gasteiger partial charge on any atom is -0.268 e. The molecule has 1 rings (SSSR count). The monoisotopic (exact) mass is 259 g/mol. The van der Waals surface area contributed by atoms with Crippen LogP contribution in [0.1, 0.15) is 66.0 Å². The molecular formula is C12H19ClNOP. The summed E-state index contributed by atoms with van der Waals surface area (Å²) in [5.41, 5.74) is 2.55. The fourth-order valence-corrected chi connectivity index (χ4v) is 4.07. The topological polar surface area (TPSA) is 29.1 Å². The van der Waals surface area contributed by atoms with Crippen molar-refractivity contribution in [3.05, 3.63) is 21.7 Å². The smallest absolute Gasteiger partial charge is 0.268 e. The molecule has 90 valence electrons. The van der Waals surface area contributed by atoms with Gasteiger partial charge in [0.05, 0.1) is 5.30 Å². The number of hydrogen-bond donors (Lipinski definition) is 1. The van der Waals surface area contributed by atoms with Crippen molar-refractivity contribution in [1.82, 2.24) is 4.84 Å². The molecule has 0 aliphatic rings. The van der Waals surface area contributed by atoms with Crippen molar-refractivity contribution in [2.24, 2.45) is 0 Å². The van der Waals surface area contributed by atoms with Gasteiger partial charge >= 0.3 is 0 Å². The first-order valence-electron chi connectivity index (χ1n) is 5.53. The van der Waals surface area contributed by atoms with Gasteiger partial charge in [-0.1, -0.05) is 27.7 Å². The number of aryl methyl sites for hydroxylation is 1. The second-order valence-electron chi connectivity index (χ2n) is 4.69. The zero-order chi connectivity index (χ0) is 12.5. The van der Waals surface area contributed by atoms with Crippen LogP contribution >= 0.6 is 20.0 Å². The summed E-state index contributed by atoms with van der Waals surface area (Å²) in [4.78, 5) is 13.9. The van der Waals surface area contributed by atoms with E-state index in [4.69, 9.17) is 11.8 Å². The minimum absolute atomic E-state index is 0.140. The number of carbonyl (C=O) groups excluding carboxylic acids is 1. The summed E-state index contributed by atoms with van der Waals surface area (Å²) in [6, 6.07) is 0. The highest BCUT2D eigenvalue weighted by Crippen LogP contribution is 2.40. The number of amides is 1. The van der Waals surface area contributed by atoms with Crippen LogP contribution in [0.25, 0.3) is 0 Å². The van der Waals surface area contributed by atoms with Gasteiger partial charge in [-0.25, -0.2) is 0 Å². The fraction of sp³-hybridized carbons (Fsp3) is 0.583. The Kier molecular flexibility index (Phi) is 4.46. The number of rotatable bonds is 3. The van der Waals surface area contributed by atoms with Crippen molar-refractivity contribution < 1.29 is 4.79 Å². The van der Waals surface area contributed by atoms with Crippen LogP contribution in [0.5, 0.6) is 0 Å². The van der Waals surface area contributed by atoms with Crippen molar-refractivity contribution in [3.63, 3.8) is 0 Å². The highest BCUT2D eigenvalue weighted by molar-refractivity contribution is 7.33. The van der Waals surface area contributed by atoms with E-state index >= 15 is 0 Å². The third-order valence-corrected chi connectivity index (χ3v) is 4.31. The Morgan fingerprint density at radius 1 is 1.19 bits per heavy atom. The van der Waals surface area contributed by atoms with Crippen LogP contribution in [-0.4, -0.2) is 5.91 Å². The number of nitrogens with one attached hydrogen (secondary N) is 1. The molecule has 2 nitrogen and oxygen atoms in total. The largest absolute Gasteiger partial charge is 0.269 e. The van der Waals surface area contributed by atoms with E-state index in [9.17, 15) is 4.79 Å². The van der Waals surface area contributed by atoms with Crippen molar-refractivity contribution >= 4 is 25.9 Å². The van der Waals surface area contributed by atoms with Gasteiger partial charge in [0.15, 0.2) is 0 Å². The van der Waals surface area contributed by atoms with E-state index in [1.807, 2.05) is 0 Å². The Morgan fingerprint density at radius 2 is 1.69 bits per heavy atom. The lowest BCUT2D eigenvalue weighted by Gasteiger charge is -2.14. The molecule has 0 aliphatic heterocycles. The second kappa shape index (κ2) is 5.25. The van der Waals surface area contributed by atoms with Crippen LogP contribution in [0.15, 0.2) is 0 Å². The number of carbonyl (C=O) groups is 1. The minimum atomic E-state index is -0.140. The Balaban J connectivity index is 3.41. The van der Waals surface area contributed by atoms with Crippen LogP contribution < -0.4 is 4.84 Å². The Hall–Kier alpha value is -0.460. The van der Waals surface area contributed by atoms with Gasteiger partial charge in [-0.3, -0.25) is 9.63 Å². The summed E-state index contributed by atoms with van der Waals surface area (Å²) >= 11 is 5.43. The van der Waals surface area contributed by atoms with Gasteiger partial charge in [-0.15, -0.1) is 8.19 Å². The van der Waals surface area contributed by atoms with E-state index in [0.717, 1.165) is 5.30 Å². The maximum absolute atomic E-state index is 11.7. The van der Waals surface area contributed by atoms with Gasteiger partial charge in [0, 0.05) is 11.8 Å². The predicted molar refractivity (Wildman–Crippen MR) is 72.2 cm³/mol. The van der Waals surface area contributed by atoms with Crippen LogP contribution in [0.3, 0.4) is 0 Å². The van der Waals surface area contributed by atoms with Crippen LogP contribution in [0.4, 0.5) is 0 Å². The molecule has 16 heavy (non-hydrogen) atoms. The summed E-state index contributed by atoms with van der Waals surface area (Å²) < 4.78 is 0. The summed E-state index contributed by atoms with van der Waals surface area (Å²) in [6.45, 7) is 10.7. The second-order valence-corrected chi connectivity index (χ2v) is 6.37. The highest BCUT2D eigenvalue weighted by Gasteiger charge is 2.22. The molecule has 4 heteroatoms. The lowest BCUT2D eigenvalue weighted by Crippen LogP contribution is -2.13. The van der Waals surface area contributed by atoms with Gasteiger partial charge in [-0.05, 0) is 35.2 Å². The molecule has 1 N–H and O–H groups in total. The van der Waals surface area contributed by atoms with E-state index < -0.39 is 0 Å². The van der Waals surface area contributed by atoms with Crippen molar-refractivity contribution in [2.45, 2.75) is 46.5 Å². The summed E-state index contributed by atoms with van der Waals surface area (Å²) in [5.74, 6) is 0.690. The van der Waals surface area contributed by atoms with Gasteiger partial charge in [0.2, 0.25) is 0 Å². The van der Waals surface area contributed by atoms with Crippen LogP contribution in [-0.2, 0) is 0 Å². The van der Waals surface area contributed by atoms with Crippen LogP contribution in [0.2, 0.25) is 0 Å². The molecule has 0 saturated carbocycles. The average molecular weight is 260 g/mol. The molecular weight excluding hydrogens is 241 g/mol. The molecule has 0 radical (unpaired) electrons. The standard InChI is InChI=1S/C12H19ClNOP/c1-6(2)9-8(5)16-11(12(15)14-13)10(9)7(3)4/h6-7,16H,1-5H3,(H,14,15). The highest BCUT2D eigenvalue weighted by atomic mass is 35.5. The Labute approximate surface area is 104 Å². The summed E-state index contributed by atoms with van der Waals surface area (Å²) in [6.07, 6.45) is 0. The van der Waals surface area contributed by atoms with E-state index in [-0.39, 0.29) is 5.91 Å². The molecule has 1 heterocycles. The van der Waals surface area contributed by atoms with Crippen molar-refractivity contribution in [3.8, 4) is 0 Å². The fourth-order valence-electron chi connectivity index (χ4n) is 2.23. The molecule has 1 unspecified atom stereocenters.